The Kier molecular flexibility index (Phi) is 6.32. The van der Waals surface area contributed by atoms with E-state index in [2.05, 4.69) is 36.3 Å². The van der Waals surface area contributed by atoms with E-state index in [1.54, 1.807) is 10.9 Å². The summed E-state index contributed by atoms with van der Waals surface area (Å²) in [6.45, 7) is 6.07. The molecule has 0 radical (unpaired) electrons. The van der Waals surface area contributed by atoms with Gasteiger partial charge < -0.3 is 4.74 Å². The van der Waals surface area contributed by atoms with Crippen molar-refractivity contribution < 1.29 is 9.53 Å². The molecule has 0 unspecified atom stereocenters. The van der Waals surface area contributed by atoms with Crippen LogP contribution in [0.5, 0.6) is 0 Å². The van der Waals surface area contributed by atoms with Gasteiger partial charge in [0.1, 0.15) is 12.3 Å². The molecule has 0 fully saturated rings. The summed E-state index contributed by atoms with van der Waals surface area (Å²) in [5.41, 5.74) is 2.94. The molecule has 0 aliphatic rings. The molecular formula is C18H25N3O2. The first kappa shape index (κ1) is 17.2. The normalized spacial score (nSPS) is 11.0. The number of aryl methyl sites for hydroxylation is 1. The van der Waals surface area contributed by atoms with Crippen LogP contribution in [0, 0.1) is 5.92 Å². The summed E-state index contributed by atoms with van der Waals surface area (Å²) in [5, 5.41) is 8.06. The van der Waals surface area contributed by atoms with Gasteiger partial charge in [-0.15, -0.1) is 5.10 Å². The largest absolute Gasteiger partial charge is 0.459 e. The van der Waals surface area contributed by atoms with Gasteiger partial charge in [-0.2, -0.15) is 0 Å². The summed E-state index contributed by atoms with van der Waals surface area (Å²) in [6, 6.07) is 8.36. The van der Waals surface area contributed by atoms with Gasteiger partial charge in [0.25, 0.3) is 0 Å². The first-order chi connectivity index (χ1) is 11.0. The molecule has 0 bridgehead atoms. The van der Waals surface area contributed by atoms with Crippen molar-refractivity contribution in [2.45, 2.75) is 53.1 Å². The predicted molar refractivity (Wildman–Crippen MR) is 89.2 cm³/mol. The summed E-state index contributed by atoms with van der Waals surface area (Å²) in [6.07, 6.45) is 6.69. The number of hydrogen-bond donors (Lipinski definition) is 0. The molecule has 23 heavy (non-hydrogen) atoms. The molecule has 0 saturated heterocycles. The molecular weight excluding hydrogens is 290 g/mol. The molecule has 0 aliphatic heterocycles. The van der Waals surface area contributed by atoms with Crippen molar-refractivity contribution in [1.29, 1.82) is 0 Å². The molecule has 0 N–H and O–H groups in total. The SMILES string of the molecule is CC(=O)OCc1cn(-c2ccc(CCCCC(C)C)cc2)nn1. The van der Waals surface area contributed by atoms with Crippen molar-refractivity contribution in [3.8, 4) is 5.69 Å². The summed E-state index contributed by atoms with van der Waals surface area (Å²) in [4.78, 5) is 10.8. The maximum absolute atomic E-state index is 10.8. The van der Waals surface area contributed by atoms with Gasteiger partial charge in [-0.05, 0) is 36.5 Å². The number of carbonyl (C=O) groups is 1. The van der Waals surface area contributed by atoms with Crippen molar-refractivity contribution in [3.05, 3.63) is 41.7 Å². The molecule has 1 heterocycles. The van der Waals surface area contributed by atoms with Gasteiger partial charge in [-0.1, -0.05) is 44.0 Å². The van der Waals surface area contributed by atoms with E-state index in [9.17, 15) is 4.79 Å². The molecule has 5 nitrogen and oxygen atoms in total. The number of rotatable bonds is 8. The quantitative estimate of drug-likeness (QED) is 0.550. The molecule has 2 rings (SSSR count). The van der Waals surface area contributed by atoms with Crippen LogP contribution in [0.4, 0.5) is 0 Å². The minimum atomic E-state index is -0.318. The molecule has 1 aromatic heterocycles. The lowest BCUT2D eigenvalue weighted by Gasteiger charge is -2.06. The molecule has 5 heteroatoms. The highest BCUT2D eigenvalue weighted by Crippen LogP contribution is 2.13. The van der Waals surface area contributed by atoms with Crippen molar-refractivity contribution in [2.24, 2.45) is 5.92 Å². The Hall–Kier alpha value is -2.17. The number of aromatic nitrogens is 3. The summed E-state index contributed by atoms with van der Waals surface area (Å²) < 4.78 is 6.61. The highest BCUT2D eigenvalue weighted by Gasteiger charge is 2.05. The predicted octanol–water partition coefficient (Wildman–Crippen LogP) is 3.70. The van der Waals surface area contributed by atoms with Crippen LogP contribution in [-0.4, -0.2) is 21.0 Å². The zero-order valence-corrected chi connectivity index (χ0v) is 14.2. The smallest absolute Gasteiger partial charge is 0.303 e. The van der Waals surface area contributed by atoms with E-state index in [0.29, 0.717) is 5.69 Å². The van der Waals surface area contributed by atoms with Crippen LogP contribution in [-0.2, 0) is 22.6 Å². The van der Waals surface area contributed by atoms with Crippen LogP contribution in [0.3, 0.4) is 0 Å². The van der Waals surface area contributed by atoms with E-state index in [0.717, 1.165) is 18.0 Å². The molecule has 2 aromatic rings. The number of carbonyl (C=O) groups excluding carboxylic acids is 1. The Balaban J connectivity index is 1.88. The van der Waals surface area contributed by atoms with Crippen molar-refractivity contribution >= 4 is 5.97 Å². The second-order valence-electron chi connectivity index (χ2n) is 6.24. The van der Waals surface area contributed by atoms with Gasteiger partial charge in [0.2, 0.25) is 0 Å². The Morgan fingerprint density at radius 2 is 1.96 bits per heavy atom. The van der Waals surface area contributed by atoms with Gasteiger partial charge in [0.15, 0.2) is 0 Å². The molecule has 124 valence electrons. The first-order valence-electron chi connectivity index (χ1n) is 8.18. The summed E-state index contributed by atoms with van der Waals surface area (Å²) in [5.74, 6) is 0.465. The maximum Gasteiger partial charge on any atom is 0.303 e. The Morgan fingerprint density at radius 1 is 1.22 bits per heavy atom. The first-order valence-corrected chi connectivity index (χ1v) is 8.18. The average molecular weight is 315 g/mol. The second-order valence-corrected chi connectivity index (χ2v) is 6.24. The molecule has 0 atom stereocenters. The fourth-order valence-electron chi connectivity index (χ4n) is 2.36. The van der Waals surface area contributed by atoms with Gasteiger partial charge in [0, 0.05) is 6.92 Å². The lowest BCUT2D eigenvalue weighted by Crippen LogP contribution is -1.98. The number of nitrogens with zero attached hydrogens (tertiary/aromatic N) is 3. The lowest BCUT2D eigenvalue weighted by atomic mass is 10.0. The van der Waals surface area contributed by atoms with Crippen LogP contribution < -0.4 is 0 Å². The van der Waals surface area contributed by atoms with E-state index < -0.39 is 0 Å². The molecule has 0 aliphatic carbocycles. The summed E-state index contributed by atoms with van der Waals surface area (Å²) >= 11 is 0. The van der Waals surface area contributed by atoms with Gasteiger partial charge in [-0.25, -0.2) is 4.68 Å². The Labute approximate surface area is 137 Å². The topological polar surface area (TPSA) is 57.0 Å². The van der Waals surface area contributed by atoms with Gasteiger partial charge >= 0.3 is 5.97 Å². The highest BCUT2D eigenvalue weighted by molar-refractivity contribution is 5.65. The maximum atomic E-state index is 10.8. The zero-order chi connectivity index (χ0) is 16.7. The third-order valence-corrected chi connectivity index (χ3v) is 3.66. The molecule has 0 saturated carbocycles. The minimum Gasteiger partial charge on any atom is -0.459 e. The van der Waals surface area contributed by atoms with Crippen molar-refractivity contribution in [2.75, 3.05) is 0 Å². The van der Waals surface area contributed by atoms with Crippen LogP contribution in [0.2, 0.25) is 0 Å². The average Bonchev–Trinajstić information content (AvgIpc) is 2.99. The van der Waals surface area contributed by atoms with E-state index in [1.807, 2.05) is 12.1 Å². The highest BCUT2D eigenvalue weighted by atomic mass is 16.5. The van der Waals surface area contributed by atoms with Gasteiger partial charge in [0.05, 0.1) is 11.9 Å². The number of hydrogen-bond acceptors (Lipinski definition) is 4. The Morgan fingerprint density at radius 3 is 2.61 bits per heavy atom. The minimum absolute atomic E-state index is 0.156. The van der Waals surface area contributed by atoms with Crippen molar-refractivity contribution in [1.82, 2.24) is 15.0 Å². The monoisotopic (exact) mass is 315 g/mol. The zero-order valence-electron chi connectivity index (χ0n) is 14.2. The summed E-state index contributed by atoms with van der Waals surface area (Å²) in [7, 11) is 0. The molecule has 0 spiro atoms. The number of unbranched alkanes of at least 4 members (excludes halogenated alkanes) is 1. The second kappa shape index (κ2) is 8.46. The van der Waals surface area contributed by atoms with E-state index in [1.165, 1.54) is 31.7 Å². The number of benzene rings is 1. The standard InChI is InChI=1S/C18H25N3O2/c1-14(2)6-4-5-7-16-8-10-18(11-9-16)21-12-17(19-20-21)13-23-15(3)22/h8-12,14H,4-7,13H2,1-3H3. The fraction of sp³-hybridized carbons (Fsp3) is 0.500. The fourth-order valence-corrected chi connectivity index (χ4v) is 2.36. The van der Waals surface area contributed by atoms with Crippen LogP contribution in [0.1, 0.15) is 51.3 Å². The lowest BCUT2D eigenvalue weighted by molar-refractivity contribution is -0.142. The molecule has 0 amide bonds. The van der Waals surface area contributed by atoms with E-state index in [-0.39, 0.29) is 12.6 Å². The van der Waals surface area contributed by atoms with Crippen LogP contribution >= 0.6 is 0 Å². The van der Waals surface area contributed by atoms with Crippen molar-refractivity contribution in [3.63, 3.8) is 0 Å². The van der Waals surface area contributed by atoms with Crippen LogP contribution in [0.15, 0.2) is 30.5 Å². The third kappa shape index (κ3) is 5.85. The number of ether oxygens (including phenoxy) is 1. The molecule has 1 aromatic carbocycles. The van der Waals surface area contributed by atoms with E-state index in [4.69, 9.17) is 4.74 Å². The van der Waals surface area contributed by atoms with Crippen LogP contribution in [0.25, 0.3) is 5.69 Å². The van der Waals surface area contributed by atoms with Gasteiger partial charge in [-0.3, -0.25) is 4.79 Å². The third-order valence-electron chi connectivity index (χ3n) is 3.66. The van der Waals surface area contributed by atoms with E-state index >= 15 is 0 Å². The number of esters is 1. The Bertz CT molecular complexity index is 617.